The lowest BCUT2D eigenvalue weighted by Gasteiger charge is -1.91. The van der Waals surface area contributed by atoms with Crippen molar-refractivity contribution in [2.75, 3.05) is 0 Å². The summed E-state index contributed by atoms with van der Waals surface area (Å²) in [5.41, 5.74) is 6.12. The van der Waals surface area contributed by atoms with Crippen LogP contribution in [0.1, 0.15) is 5.56 Å². The highest BCUT2D eigenvalue weighted by Crippen LogP contribution is 2.07. The summed E-state index contributed by atoms with van der Waals surface area (Å²) in [5.74, 6) is 0.316. The summed E-state index contributed by atoms with van der Waals surface area (Å²) in [7, 11) is 0. The molecule has 0 amide bonds. The Kier molecular flexibility index (Phi) is 1.92. The van der Waals surface area contributed by atoms with Crippen molar-refractivity contribution in [1.29, 1.82) is 0 Å². The van der Waals surface area contributed by atoms with Crippen LogP contribution >= 0.6 is 11.6 Å². The van der Waals surface area contributed by atoms with Crippen LogP contribution in [-0.2, 0) is 0 Å². The number of benzene rings is 1. The lowest BCUT2D eigenvalue weighted by atomic mass is 10.2. The molecule has 0 unspecified atom stereocenters. The molecular weight excluding hydrogens is 148 g/mol. The highest BCUT2D eigenvalue weighted by atomic mass is 35.5. The zero-order valence-electron chi connectivity index (χ0n) is 5.34. The van der Waals surface area contributed by atoms with Gasteiger partial charge in [0.1, 0.15) is 0 Å². The number of nitrogens with two attached hydrogens (primary N) is 2. The smallest absolute Gasteiger partial charge is 0.270 e. The van der Waals surface area contributed by atoms with Crippen molar-refractivity contribution >= 4 is 17.4 Å². The summed E-state index contributed by atoms with van der Waals surface area (Å²) in [6, 6.07) is 7.04. The van der Waals surface area contributed by atoms with E-state index in [0.29, 0.717) is 10.9 Å². The van der Waals surface area contributed by atoms with Crippen LogP contribution in [-0.4, -0.2) is 5.84 Å². The Balaban J connectivity index is 3.00. The van der Waals surface area contributed by atoms with E-state index in [1.54, 1.807) is 24.3 Å². The van der Waals surface area contributed by atoms with Crippen LogP contribution in [0, 0.1) is 0 Å². The SMILES string of the molecule is NC(=[NH2+])c1ccc(Cl)cc1. The minimum absolute atomic E-state index is 0.316. The van der Waals surface area contributed by atoms with E-state index in [-0.39, 0.29) is 0 Å². The average Bonchev–Trinajstić information content (AvgIpc) is 1.88. The third-order valence-corrected chi connectivity index (χ3v) is 1.43. The Morgan fingerprint density at radius 2 is 1.80 bits per heavy atom. The molecule has 0 aliphatic heterocycles. The van der Waals surface area contributed by atoms with Crippen molar-refractivity contribution in [3.63, 3.8) is 0 Å². The molecule has 0 heterocycles. The number of halogens is 1. The van der Waals surface area contributed by atoms with Gasteiger partial charge in [0.2, 0.25) is 0 Å². The van der Waals surface area contributed by atoms with Crippen LogP contribution in [0.15, 0.2) is 24.3 Å². The van der Waals surface area contributed by atoms with E-state index >= 15 is 0 Å². The Hall–Kier alpha value is -1.02. The quantitative estimate of drug-likeness (QED) is 0.429. The maximum Gasteiger partial charge on any atom is 0.270 e. The number of rotatable bonds is 1. The predicted molar refractivity (Wildman–Crippen MR) is 41.7 cm³/mol. The maximum atomic E-state index is 5.63. The molecule has 2 nitrogen and oxygen atoms in total. The van der Waals surface area contributed by atoms with Crippen LogP contribution in [0.2, 0.25) is 5.02 Å². The number of hydrogen-bond acceptors (Lipinski definition) is 0. The van der Waals surface area contributed by atoms with Crippen molar-refractivity contribution < 1.29 is 5.41 Å². The first-order valence-electron chi connectivity index (χ1n) is 2.84. The van der Waals surface area contributed by atoms with Crippen molar-refractivity contribution in [3.8, 4) is 0 Å². The first-order chi connectivity index (χ1) is 4.70. The van der Waals surface area contributed by atoms with E-state index < -0.39 is 0 Å². The molecule has 0 aliphatic carbocycles. The van der Waals surface area contributed by atoms with Crippen molar-refractivity contribution in [2.45, 2.75) is 0 Å². The second-order valence-electron chi connectivity index (χ2n) is 1.96. The van der Waals surface area contributed by atoms with Crippen LogP contribution in [0.25, 0.3) is 0 Å². The molecule has 0 saturated carbocycles. The topological polar surface area (TPSA) is 51.6 Å². The Labute approximate surface area is 64.1 Å². The van der Waals surface area contributed by atoms with Gasteiger partial charge in [-0.3, -0.25) is 11.1 Å². The largest absolute Gasteiger partial charge is 0.287 e. The van der Waals surface area contributed by atoms with Gasteiger partial charge in [-0.05, 0) is 24.3 Å². The van der Waals surface area contributed by atoms with E-state index in [9.17, 15) is 0 Å². The first kappa shape index (κ1) is 7.09. The molecule has 52 valence electrons. The number of amidine groups is 1. The molecule has 1 aromatic rings. The summed E-state index contributed by atoms with van der Waals surface area (Å²) >= 11 is 5.63. The van der Waals surface area contributed by atoms with Crippen LogP contribution in [0.5, 0.6) is 0 Å². The molecule has 10 heavy (non-hydrogen) atoms. The van der Waals surface area contributed by atoms with E-state index in [0.717, 1.165) is 5.56 Å². The Bertz CT molecular complexity index is 240. The normalized spacial score (nSPS) is 9.30. The summed E-state index contributed by atoms with van der Waals surface area (Å²) in [6.45, 7) is 0. The molecule has 0 aliphatic rings. The number of hydrogen-bond donors (Lipinski definition) is 2. The molecule has 1 aromatic carbocycles. The van der Waals surface area contributed by atoms with Gasteiger partial charge in [0.25, 0.3) is 5.84 Å². The van der Waals surface area contributed by atoms with Crippen LogP contribution in [0.3, 0.4) is 0 Å². The molecule has 0 atom stereocenters. The van der Waals surface area contributed by atoms with Crippen molar-refractivity contribution in [3.05, 3.63) is 34.9 Å². The lowest BCUT2D eigenvalue weighted by molar-refractivity contribution is -0.114. The summed E-state index contributed by atoms with van der Waals surface area (Å²) in [4.78, 5) is 0. The van der Waals surface area contributed by atoms with E-state index in [2.05, 4.69) is 0 Å². The van der Waals surface area contributed by atoms with Gasteiger partial charge in [0.05, 0.1) is 5.56 Å². The fourth-order valence-electron chi connectivity index (χ4n) is 0.642. The van der Waals surface area contributed by atoms with E-state index in [4.69, 9.17) is 22.7 Å². The predicted octanol–water partition coefficient (Wildman–Crippen LogP) is -0.196. The molecule has 1 rings (SSSR count). The third-order valence-electron chi connectivity index (χ3n) is 1.18. The second kappa shape index (κ2) is 2.71. The molecule has 3 heteroatoms. The summed E-state index contributed by atoms with van der Waals surface area (Å²) in [5, 5.41) is 6.00. The standard InChI is InChI=1S/C7H7ClN2/c8-6-3-1-5(2-4-6)7(9)10/h1-4H,(H3,9,10)/p+1. The van der Waals surface area contributed by atoms with Crippen LogP contribution < -0.4 is 11.1 Å². The van der Waals surface area contributed by atoms with Gasteiger partial charge >= 0.3 is 0 Å². The molecule has 0 radical (unpaired) electrons. The molecule has 0 bridgehead atoms. The van der Waals surface area contributed by atoms with Gasteiger partial charge in [-0.2, -0.15) is 0 Å². The highest BCUT2D eigenvalue weighted by molar-refractivity contribution is 6.30. The molecule has 0 spiro atoms. The van der Waals surface area contributed by atoms with Gasteiger partial charge < -0.3 is 0 Å². The van der Waals surface area contributed by atoms with Gasteiger partial charge in [0, 0.05) is 5.02 Å². The minimum Gasteiger partial charge on any atom is -0.287 e. The van der Waals surface area contributed by atoms with E-state index in [1.807, 2.05) is 0 Å². The summed E-state index contributed by atoms with van der Waals surface area (Å²) < 4.78 is 0. The van der Waals surface area contributed by atoms with Gasteiger partial charge in [-0.1, -0.05) is 11.6 Å². The Morgan fingerprint density at radius 1 is 1.30 bits per heavy atom. The second-order valence-corrected chi connectivity index (χ2v) is 2.40. The lowest BCUT2D eigenvalue weighted by Crippen LogP contribution is -2.46. The van der Waals surface area contributed by atoms with Crippen molar-refractivity contribution in [2.24, 2.45) is 5.73 Å². The Morgan fingerprint density at radius 3 is 2.20 bits per heavy atom. The maximum absolute atomic E-state index is 5.63. The summed E-state index contributed by atoms with van der Waals surface area (Å²) in [6.07, 6.45) is 0. The average molecular weight is 156 g/mol. The third kappa shape index (κ3) is 1.48. The molecule has 0 aromatic heterocycles. The molecule has 4 N–H and O–H groups in total. The van der Waals surface area contributed by atoms with E-state index in [1.165, 1.54) is 0 Å². The zero-order valence-corrected chi connectivity index (χ0v) is 6.10. The van der Waals surface area contributed by atoms with Crippen molar-refractivity contribution in [1.82, 2.24) is 0 Å². The van der Waals surface area contributed by atoms with Gasteiger partial charge in [-0.15, -0.1) is 0 Å². The molecular formula is C7H8ClN2+. The first-order valence-corrected chi connectivity index (χ1v) is 3.22. The monoisotopic (exact) mass is 155 g/mol. The van der Waals surface area contributed by atoms with Crippen LogP contribution in [0.4, 0.5) is 0 Å². The highest BCUT2D eigenvalue weighted by Gasteiger charge is 1.98. The zero-order chi connectivity index (χ0) is 7.56. The fourth-order valence-corrected chi connectivity index (χ4v) is 0.768. The fraction of sp³-hybridized carbons (Fsp3) is 0. The molecule has 0 fully saturated rings. The van der Waals surface area contributed by atoms with Gasteiger partial charge in [-0.25, -0.2) is 0 Å². The minimum atomic E-state index is 0.316. The molecule has 0 saturated heterocycles. The van der Waals surface area contributed by atoms with Gasteiger partial charge in [0.15, 0.2) is 0 Å².